The van der Waals surface area contributed by atoms with Crippen molar-refractivity contribution in [3.8, 4) is 0 Å². The minimum absolute atomic E-state index is 0.0264. The molecule has 7 heteroatoms. The Kier molecular flexibility index (Phi) is 6.37. The Morgan fingerprint density at radius 1 is 1.14 bits per heavy atom. The van der Waals surface area contributed by atoms with Crippen molar-refractivity contribution in [1.29, 1.82) is 0 Å². The van der Waals surface area contributed by atoms with Crippen molar-refractivity contribution in [3.63, 3.8) is 0 Å². The zero-order valence-electron chi connectivity index (χ0n) is 12.7. The SMILES string of the molecule is CC(C)(C)NC(=O)NC(=O)COC(=O)Cc1ccc(Cl)cc1. The van der Waals surface area contributed by atoms with Crippen molar-refractivity contribution >= 4 is 29.5 Å². The second kappa shape index (κ2) is 7.79. The van der Waals surface area contributed by atoms with Gasteiger partial charge in [0.25, 0.3) is 5.91 Å². The highest BCUT2D eigenvalue weighted by Gasteiger charge is 2.16. The lowest BCUT2D eigenvalue weighted by Gasteiger charge is -2.20. The molecule has 0 aliphatic heterocycles. The Balaban J connectivity index is 2.33. The van der Waals surface area contributed by atoms with Gasteiger partial charge in [0.1, 0.15) is 0 Å². The van der Waals surface area contributed by atoms with Crippen LogP contribution >= 0.6 is 11.6 Å². The van der Waals surface area contributed by atoms with Crippen LogP contribution in [0.3, 0.4) is 0 Å². The molecular weight excluding hydrogens is 308 g/mol. The summed E-state index contributed by atoms with van der Waals surface area (Å²) in [4.78, 5) is 34.5. The van der Waals surface area contributed by atoms with Crippen LogP contribution in [0.5, 0.6) is 0 Å². The number of hydrogen-bond acceptors (Lipinski definition) is 4. The van der Waals surface area contributed by atoms with E-state index < -0.39 is 30.1 Å². The maximum absolute atomic E-state index is 11.6. The number of esters is 1. The first-order valence-electron chi connectivity index (χ1n) is 6.68. The molecule has 0 unspecified atom stereocenters. The summed E-state index contributed by atoms with van der Waals surface area (Å²) in [6.45, 7) is 4.83. The number of carbonyl (C=O) groups is 3. The summed E-state index contributed by atoms with van der Waals surface area (Å²) >= 11 is 5.74. The van der Waals surface area contributed by atoms with Crippen molar-refractivity contribution in [2.24, 2.45) is 0 Å². The van der Waals surface area contributed by atoms with Crippen molar-refractivity contribution in [3.05, 3.63) is 34.9 Å². The number of imide groups is 1. The molecule has 3 amide bonds. The van der Waals surface area contributed by atoms with E-state index in [0.29, 0.717) is 5.02 Å². The Hall–Kier alpha value is -2.08. The van der Waals surface area contributed by atoms with Crippen molar-refractivity contribution in [2.45, 2.75) is 32.7 Å². The fourth-order valence-electron chi connectivity index (χ4n) is 1.50. The Labute approximate surface area is 134 Å². The Bertz CT molecular complexity index is 550. The minimum Gasteiger partial charge on any atom is -0.455 e. The zero-order chi connectivity index (χ0) is 16.8. The van der Waals surface area contributed by atoms with Crippen LogP contribution in [-0.4, -0.2) is 30.1 Å². The molecule has 0 aliphatic rings. The van der Waals surface area contributed by atoms with E-state index >= 15 is 0 Å². The van der Waals surface area contributed by atoms with E-state index in [4.69, 9.17) is 16.3 Å². The van der Waals surface area contributed by atoms with Gasteiger partial charge in [-0.25, -0.2) is 4.79 Å². The van der Waals surface area contributed by atoms with E-state index in [1.165, 1.54) is 0 Å². The average molecular weight is 327 g/mol. The molecule has 6 nitrogen and oxygen atoms in total. The summed E-state index contributed by atoms with van der Waals surface area (Å²) in [6.07, 6.45) is 0.0264. The third-order valence-corrected chi connectivity index (χ3v) is 2.62. The number of hydrogen-bond donors (Lipinski definition) is 2. The van der Waals surface area contributed by atoms with Gasteiger partial charge >= 0.3 is 12.0 Å². The molecule has 0 radical (unpaired) electrons. The van der Waals surface area contributed by atoms with Gasteiger partial charge in [-0.1, -0.05) is 23.7 Å². The maximum atomic E-state index is 11.6. The van der Waals surface area contributed by atoms with Crippen molar-refractivity contribution in [1.82, 2.24) is 10.6 Å². The second-order valence-electron chi connectivity index (χ2n) is 5.72. The normalized spacial score (nSPS) is 10.7. The van der Waals surface area contributed by atoms with E-state index in [9.17, 15) is 14.4 Å². The predicted molar refractivity (Wildman–Crippen MR) is 82.5 cm³/mol. The third-order valence-electron chi connectivity index (χ3n) is 2.37. The number of benzene rings is 1. The Morgan fingerprint density at radius 3 is 2.27 bits per heavy atom. The first-order valence-corrected chi connectivity index (χ1v) is 7.05. The lowest BCUT2D eigenvalue weighted by atomic mass is 10.1. The second-order valence-corrected chi connectivity index (χ2v) is 6.15. The first-order chi connectivity index (χ1) is 10.2. The van der Waals surface area contributed by atoms with Crippen molar-refractivity contribution < 1.29 is 19.1 Å². The van der Waals surface area contributed by atoms with E-state index in [2.05, 4.69) is 10.6 Å². The first kappa shape index (κ1) is 18.0. The van der Waals surface area contributed by atoms with Crippen LogP contribution in [0.2, 0.25) is 5.02 Å². The molecule has 0 heterocycles. The summed E-state index contributed by atoms with van der Waals surface area (Å²) in [7, 11) is 0. The summed E-state index contributed by atoms with van der Waals surface area (Å²) in [5.41, 5.74) is 0.260. The number of rotatable bonds is 4. The highest BCUT2D eigenvalue weighted by molar-refractivity contribution is 6.30. The summed E-state index contributed by atoms with van der Waals surface area (Å²) in [5.74, 6) is -1.25. The minimum atomic E-state index is -0.689. The molecule has 0 saturated heterocycles. The van der Waals surface area contributed by atoms with Gasteiger partial charge in [0, 0.05) is 10.6 Å². The van der Waals surface area contributed by atoms with Crippen LogP contribution in [-0.2, 0) is 20.7 Å². The van der Waals surface area contributed by atoms with Gasteiger partial charge in [0.2, 0.25) is 0 Å². The molecule has 0 fully saturated rings. The topological polar surface area (TPSA) is 84.5 Å². The molecule has 1 rings (SSSR count). The molecule has 2 N–H and O–H groups in total. The van der Waals surface area contributed by atoms with Gasteiger partial charge in [0.05, 0.1) is 6.42 Å². The number of amides is 3. The third kappa shape index (κ3) is 7.64. The number of ether oxygens (including phenoxy) is 1. The fraction of sp³-hybridized carbons (Fsp3) is 0.400. The molecule has 0 spiro atoms. The van der Waals surface area contributed by atoms with E-state index in [1.54, 1.807) is 45.0 Å². The average Bonchev–Trinajstić information content (AvgIpc) is 2.37. The van der Waals surface area contributed by atoms with Crippen LogP contribution in [0.15, 0.2) is 24.3 Å². The lowest BCUT2D eigenvalue weighted by Crippen LogP contribution is -2.49. The standard InChI is InChI=1S/C15H19ClN2O4/c1-15(2,3)18-14(21)17-12(19)9-22-13(20)8-10-4-6-11(16)7-5-10/h4-7H,8-9H2,1-3H3,(H2,17,18,19,21). The molecule has 0 aromatic heterocycles. The number of halogens is 1. The van der Waals surface area contributed by atoms with E-state index in [-0.39, 0.29) is 6.42 Å². The zero-order valence-corrected chi connectivity index (χ0v) is 13.5. The van der Waals surface area contributed by atoms with Gasteiger partial charge in [-0.3, -0.25) is 14.9 Å². The van der Waals surface area contributed by atoms with Crippen LogP contribution in [0.25, 0.3) is 0 Å². The number of urea groups is 1. The summed E-state index contributed by atoms with van der Waals surface area (Å²) in [6, 6.07) is 6.08. The summed E-state index contributed by atoms with van der Waals surface area (Å²) in [5, 5.41) is 5.21. The van der Waals surface area contributed by atoms with Gasteiger partial charge in [0.15, 0.2) is 6.61 Å². The van der Waals surface area contributed by atoms with Crippen LogP contribution in [0.4, 0.5) is 4.79 Å². The van der Waals surface area contributed by atoms with Gasteiger partial charge in [-0.15, -0.1) is 0 Å². The van der Waals surface area contributed by atoms with E-state index in [0.717, 1.165) is 5.56 Å². The lowest BCUT2D eigenvalue weighted by molar-refractivity contribution is -0.147. The molecule has 0 saturated carbocycles. The fourth-order valence-corrected chi connectivity index (χ4v) is 1.63. The highest BCUT2D eigenvalue weighted by Crippen LogP contribution is 2.10. The van der Waals surface area contributed by atoms with Crippen LogP contribution in [0, 0.1) is 0 Å². The van der Waals surface area contributed by atoms with Gasteiger partial charge in [-0.2, -0.15) is 0 Å². The monoisotopic (exact) mass is 326 g/mol. The molecule has 22 heavy (non-hydrogen) atoms. The molecule has 0 atom stereocenters. The molecule has 0 bridgehead atoms. The highest BCUT2D eigenvalue weighted by atomic mass is 35.5. The molecule has 1 aromatic rings. The number of carbonyl (C=O) groups excluding carboxylic acids is 3. The smallest absolute Gasteiger partial charge is 0.321 e. The molecule has 0 aliphatic carbocycles. The largest absolute Gasteiger partial charge is 0.455 e. The van der Waals surface area contributed by atoms with Gasteiger partial charge < -0.3 is 10.1 Å². The van der Waals surface area contributed by atoms with Gasteiger partial charge in [-0.05, 0) is 38.5 Å². The van der Waals surface area contributed by atoms with E-state index in [1.807, 2.05) is 0 Å². The molecule has 120 valence electrons. The van der Waals surface area contributed by atoms with Crippen molar-refractivity contribution in [2.75, 3.05) is 6.61 Å². The maximum Gasteiger partial charge on any atom is 0.321 e. The molecule has 1 aromatic carbocycles. The molecular formula is C15H19ClN2O4. The van der Waals surface area contributed by atoms with Crippen LogP contribution < -0.4 is 10.6 Å². The predicted octanol–water partition coefficient (Wildman–Crippen LogP) is 2.05. The Morgan fingerprint density at radius 2 is 1.73 bits per heavy atom. The summed E-state index contributed by atoms with van der Waals surface area (Å²) < 4.78 is 4.81. The number of nitrogens with one attached hydrogen (secondary N) is 2. The quantitative estimate of drug-likeness (QED) is 0.829. The van der Waals surface area contributed by atoms with Crippen LogP contribution in [0.1, 0.15) is 26.3 Å².